The zero-order chi connectivity index (χ0) is 17.2. The number of hydrogen-bond acceptors (Lipinski definition) is 4. The van der Waals surface area contributed by atoms with Gasteiger partial charge in [0.2, 0.25) is 0 Å². The quantitative estimate of drug-likeness (QED) is 0.726. The fraction of sp³-hybridized carbons (Fsp3) is 0.368. The molecule has 4 rings (SSSR count). The van der Waals surface area contributed by atoms with Crippen molar-refractivity contribution in [1.29, 1.82) is 0 Å². The number of carbonyl (C=O) groups excluding carboxylic acids is 1. The van der Waals surface area contributed by atoms with Crippen LogP contribution in [0.3, 0.4) is 0 Å². The highest BCUT2D eigenvalue weighted by Crippen LogP contribution is 2.22. The summed E-state index contributed by atoms with van der Waals surface area (Å²) in [4.78, 5) is 21.9. The molecule has 5 nitrogen and oxygen atoms in total. The summed E-state index contributed by atoms with van der Waals surface area (Å²) in [6, 6.07) is 8.11. The lowest BCUT2D eigenvalue weighted by molar-refractivity contribution is 0.0763. The number of amides is 1. The van der Waals surface area contributed by atoms with Crippen LogP contribution in [0.5, 0.6) is 0 Å². The van der Waals surface area contributed by atoms with E-state index in [1.807, 2.05) is 52.5 Å². The highest BCUT2D eigenvalue weighted by molar-refractivity contribution is 7.09. The first-order chi connectivity index (χ1) is 12.2. The molecule has 0 aliphatic carbocycles. The molecule has 1 saturated heterocycles. The van der Waals surface area contributed by atoms with Crippen molar-refractivity contribution in [3.63, 3.8) is 0 Å². The Kier molecular flexibility index (Phi) is 4.55. The molecule has 25 heavy (non-hydrogen) atoms. The van der Waals surface area contributed by atoms with Crippen LogP contribution in [-0.4, -0.2) is 51.4 Å². The lowest BCUT2D eigenvalue weighted by Crippen LogP contribution is -2.35. The minimum Gasteiger partial charge on any atom is -0.350 e. The molecule has 1 aliphatic rings. The maximum absolute atomic E-state index is 13.1. The number of aryl methyl sites for hydroxylation is 1. The molecule has 0 atom stereocenters. The molecule has 1 amide bonds. The molecule has 1 fully saturated rings. The molecule has 2 aromatic heterocycles. The first-order valence-electron chi connectivity index (χ1n) is 8.66. The van der Waals surface area contributed by atoms with E-state index in [2.05, 4.69) is 16.0 Å². The molecule has 0 saturated carbocycles. The van der Waals surface area contributed by atoms with Crippen LogP contribution < -0.4 is 0 Å². The van der Waals surface area contributed by atoms with Gasteiger partial charge in [0.25, 0.3) is 5.91 Å². The van der Waals surface area contributed by atoms with E-state index >= 15 is 0 Å². The Morgan fingerprint density at radius 2 is 2.08 bits per heavy atom. The highest BCUT2D eigenvalue weighted by Gasteiger charge is 2.23. The van der Waals surface area contributed by atoms with Crippen molar-refractivity contribution in [3.8, 4) is 0 Å². The third-order valence-electron chi connectivity index (χ3n) is 4.85. The summed E-state index contributed by atoms with van der Waals surface area (Å²) in [6.07, 6.45) is 4.82. The van der Waals surface area contributed by atoms with Crippen LogP contribution in [0.2, 0.25) is 0 Å². The van der Waals surface area contributed by atoms with Crippen LogP contribution in [-0.2, 0) is 13.6 Å². The van der Waals surface area contributed by atoms with Gasteiger partial charge in [-0.25, -0.2) is 4.98 Å². The summed E-state index contributed by atoms with van der Waals surface area (Å²) in [7, 11) is 2.00. The van der Waals surface area contributed by atoms with Crippen LogP contribution >= 0.6 is 11.3 Å². The topological polar surface area (TPSA) is 41.4 Å². The van der Waals surface area contributed by atoms with Crippen LogP contribution in [0.15, 0.2) is 42.0 Å². The third kappa shape index (κ3) is 3.32. The number of benzene rings is 1. The molecule has 0 radical (unpaired) electrons. The fourth-order valence-electron chi connectivity index (χ4n) is 3.54. The average molecular weight is 354 g/mol. The summed E-state index contributed by atoms with van der Waals surface area (Å²) >= 11 is 1.70. The van der Waals surface area contributed by atoms with E-state index in [4.69, 9.17) is 0 Å². The molecule has 0 bridgehead atoms. The number of rotatable bonds is 3. The van der Waals surface area contributed by atoms with Crippen molar-refractivity contribution in [2.24, 2.45) is 7.05 Å². The number of carbonyl (C=O) groups is 1. The van der Waals surface area contributed by atoms with Crippen molar-refractivity contribution < 1.29 is 4.79 Å². The SMILES string of the molecule is Cn1cc(C(=O)N2CCCN(Cc3nccs3)CC2)c2ccccc21. The minimum absolute atomic E-state index is 0.146. The van der Waals surface area contributed by atoms with Gasteiger partial charge in [-0.05, 0) is 12.5 Å². The first-order valence-corrected chi connectivity index (χ1v) is 9.54. The summed E-state index contributed by atoms with van der Waals surface area (Å²) in [5.41, 5.74) is 1.91. The lowest BCUT2D eigenvalue weighted by Gasteiger charge is -2.21. The monoisotopic (exact) mass is 354 g/mol. The van der Waals surface area contributed by atoms with Crippen molar-refractivity contribution >= 4 is 28.1 Å². The van der Waals surface area contributed by atoms with Gasteiger partial charge in [-0.2, -0.15) is 0 Å². The Hall–Kier alpha value is -2.18. The Labute approximate surface area is 151 Å². The molecule has 6 heteroatoms. The van der Waals surface area contributed by atoms with E-state index in [0.717, 1.165) is 60.6 Å². The van der Waals surface area contributed by atoms with Crippen molar-refractivity contribution in [1.82, 2.24) is 19.4 Å². The standard InChI is InChI=1S/C19H22N4OS/c1-21-13-16(15-5-2-3-6-17(15)21)19(24)23-9-4-8-22(10-11-23)14-18-20-7-12-25-18/h2-3,5-7,12-13H,4,8-11,14H2,1H3. The van der Waals surface area contributed by atoms with Gasteiger partial charge in [-0.1, -0.05) is 18.2 Å². The zero-order valence-corrected chi connectivity index (χ0v) is 15.2. The molecule has 1 aromatic carbocycles. The Morgan fingerprint density at radius 3 is 2.92 bits per heavy atom. The van der Waals surface area contributed by atoms with Gasteiger partial charge in [0.05, 0.1) is 12.1 Å². The van der Waals surface area contributed by atoms with Gasteiger partial charge in [0.15, 0.2) is 0 Å². The average Bonchev–Trinajstić information content (AvgIpc) is 3.18. The predicted molar refractivity (Wildman–Crippen MR) is 101 cm³/mol. The van der Waals surface area contributed by atoms with E-state index in [-0.39, 0.29) is 5.91 Å². The van der Waals surface area contributed by atoms with Gasteiger partial charge in [-0.3, -0.25) is 9.69 Å². The van der Waals surface area contributed by atoms with E-state index in [1.165, 1.54) is 0 Å². The molecule has 0 N–H and O–H groups in total. The van der Waals surface area contributed by atoms with E-state index in [1.54, 1.807) is 11.3 Å². The molecule has 130 valence electrons. The van der Waals surface area contributed by atoms with E-state index in [9.17, 15) is 4.79 Å². The molecular formula is C19H22N4OS. The first kappa shape index (κ1) is 16.3. The second kappa shape index (κ2) is 6.98. The van der Waals surface area contributed by atoms with E-state index < -0.39 is 0 Å². The molecule has 3 aromatic rings. The minimum atomic E-state index is 0.146. The van der Waals surface area contributed by atoms with Crippen molar-refractivity contribution in [3.05, 3.63) is 52.6 Å². The second-order valence-electron chi connectivity index (χ2n) is 6.52. The smallest absolute Gasteiger partial charge is 0.256 e. The van der Waals surface area contributed by atoms with Crippen LogP contribution in [0.4, 0.5) is 0 Å². The number of aromatic nitrogens is 2. The second-order valence-corrected chi connectivity index (χ2v) is 7.50. The van der Waals surface area contributed by atoms with Gasteiger partial charge >= 0.3 is 0 Å². The Morgan fingerprint density at radius 1 is 1.20 bits per heavy atom. The van der Waals surface area contributed by atoms with Crippen LogP contribution in [0.25, 0.3) is 10.9 Å². The number of hydrogen-bond donors (Lipinski definition) is 0. The van der Waals surface area contributed by atoms with Crippen molar-refractivity contribution in [2.75, 3.05) is 26.2 Å². The molecule has 1 aliphatic heterocycles. The van der Waals surface area contributed by atoms with Gasteiger partial charge < -0.3 is 9.47 Å². The number of para-hydroxylation sites is 1. The highest BCUT2D eigenvalue weighted by atomic mass is 32.1. The zero-order valence-electron chi connectivity index (χ0n) is 14.4. The normalized spacial score (nSPS) is 16.3. The predicted octanol–water partition coefficient (Wildman–Crippen LogP) is 2.98. The summed E-state index contributed by atoms with van der Waals surface area (Å²) in [5, 5.41) is 4.21. The largest absolute Gasteiger partial charge is 0.350 e. The molecule has 0 spiro atoms. The van der Waals surface area contributed by atoms with Crippen LogP contribution in [0.1, 0.15) is 21.8 Å². The maximum atomic E-state index is 13.1. The van der Waals surface area contributed by atoms with Crippen molar-refractivity contribution in [2.45, 2.75) is 13.0 Å². The van der Waals surface area contributed by atoms with Gasteiger partial charge in [0.1, 0.15) is 5.01 Å². The summed E-state index contributed by atoms with van der Waals surface area (Å²) < 4.78 is 2.04. The van der Waals surface area contributed by atoms with Crippen LogP contribution in [0, 0.1) is 0 Å². The summed E-state index contributed by atoms with van der Waals surface area (Å²) in [5.74, 6) is 0.146. The Balaban J connectivity index is 1.49. The number of nitrogens with zero attached hydrogens (tertiary/aromatic N) is 4. The third-order valence-corrected chi connectivity index (χ3v) is 5.61. The molecule has 3 heterocycles. The summed E-state index contributed by atoms with van der Waals surface area (Å²) in [6.45, 7) is 4.38. The Bertz CT molecular complexity index is 871. The molecule has 0 unspecified atom stereocenters. The fourth-order valence-corrected chi connectivity index (χ4v) is 4.19. The molecular weight excluding hydrogens is 332 g/mol. The van der Waals surface area contributed by atoms with E-state index in [0.29, 0.717) is 0 Å². The van der Waals surface area contributed by atoms with Gasteiger partial charge in [-0.15, -0.1) is 11.3 Å². The maximum Gasteiger partial charge on any atom is 0.256 e. The van der Waals surface area contributed by atoms with Gasteiger partial charge in [0, 0.05) is 61.9 Å². The number of thiazole rings is 1. The number of fused-ring (bicyclic) bond motifs is 1. The lowest BCUT2D eigenvalue weighted by atomic mass is 10.1.